The van der Waals surface area contributed by atoms with Crippen LogP contribution in [0.5, 0.6) is 0 Å². The summed E-state index contributed by atoms with van der Waals surface area (Å²) in [7, 11) is 1.29. The third kappa shape index (κ3) is 4.39. The molecule has 0 aliphatic heterocycles. The Labute approximate surface area is 151 Å². The molecule has 25 heavy (non-hydrogen) atoms. The molecule has 0 spiro atoms. The lowest BCUT2D eigenvalue weighted by Crippen LogP contribution is -2.42. The number of hydrogen-bond donors (Lipinski definition) is 1. The zero-order valence-corrected chi connectivity index (χ0v) is 15.4. The van der Waals surface area contributed by atoms with Crippen LogP contribution in [0.2, 0.25) is 5.02 Å². The molecule has 1 aromatic heterocycles. The minimum absolute atomic E-state index is 0.205. The van der Waals surface area contributed by atoms with Gasteiger partial charge in [0.15, 0.2) is 0 Å². The van der Waals surface area contributed by atoms with Gasteiger partial charge in [-0.3, -0.25) is 4.79 Å². The van der Waals surface area contributed by atoms with Crippen LogP contribution in [0.4, 0.5) is 0 Å². The van der Waals surface area contributed by atoms with Crippen LogP contribution in [0.25, 0.3) is 11.3 Å². The summed E-state index contributed by atoms with van der Waals surface area (Å²) < 4.78 is 9.97. The molecule has 0 aliphatic carbocycles. The summed E-state index contributed by atoms with van der Waals surface area (Å²) in [5, 5.41) is 7.14. The molecule has 2 rings (SSSR count). The van der Waals surface area contributed by atoms with Crippen molar-refractivity contribution in [2.75, 3.05) is 7.11 Å². The second-order valence-corrected chi connectivity index (χ2v) is 6.53. The standard InChI is InChI=1S/C18H21ClN2O4/c1-10(2)9-14(18(23)24-4)20-17(22)15-11(3)25-21-16(15)12-7-5-6-8-13(12)19/h5-8,10,14H,9H2,1-4H3,(H,20,22)/t14-/m0/s1. The summed E-state index contributed by atoms with van der Waals surface area (Å²) in [6.45, 7) is 5.56. The Morgan fingerprint density at radius 1 is 1.32 bits per heavy atom. The number of methoxy groups -OCH3 is 1. The molecule has 1 N–H and O–H groups in total. The summed E-state index contributed by atoms with van der Waals surface area (Å²) in [5.74, 6) is -0.392. The highest BCUT2D eigenvalue weighted by atomic mass is 35.5. The number of carbonyl (C=O) groups excluding carboxylic acids is 2. The van der Waals surface area contributed by atoms with Crippen molar-refractivity contribution in [1.29, 1.82) is 0 Å². The topological polar surface area (TPSA) is 81.4 Å². The first kappa shape index (κ1) is 19.0. The Kier molecular flexibility index (Phi) is 6.20. The maximum Gasteiger partial charge on any atom is 0.328 e. The van der Waals surface area contributed by atoms with Gasteiger partial charge in [0.1, 0.15) is 23.1 Å². The second kappa shape index (κ2) is 8.16. The third-order valence-corrected chi connectivity index (χ3v) is 4.05. The zero-order valence-electron chi connectivity index (χ0n) is 14.6. The first-order chi connectivity index (χ1) is 11.8. The van der Waals surface area contributed by atoms with Gasteiger partial charge in [-0.2, -0.15) is 0 Å². The molecule has 134 valence electrons. The van der Waals surface area contributed by atoms with Crippen molar-refractivity contribution in [2.24, 2.45) is 5.92 Å². The van der Waals surface area contributed by atoms with E-state index in [2.05, 4.69) is 10.5 Å². The lowest BCUT2D eigenvalue weighted by atomic mass is 10.0. The van der Waals surface area contributed by atoms with E-state index < -0.39 is 17.9 Å². The number of aryl methyl sites for hydroxylation is 1. The molecule has 0 saturated heterocycles. The van der Waals surface area contributed by atoms with E-state index in [9.17, 15) is 9.59 Å². The number of carbonyl (C=O) groups is 2. The molecule has 2 aromatic rings. The van der Waals surface area contributed by atoms with Crippen molar-refractivity contribution >= 4 is 23.5 Å². The third-order valence-electron chi connectivity index (χ3n) is 3.72. The van der Waals surface area contributed by atoms with Crippen LogP contribution in [0, 0.1) is 12.8 Å². The number of esters is 1. The van der Waals surface area contributed by atoms with E-state index >= 15 is 0 Å². The Morgan fingerprint density at radius 3 is 2.60 bits per heavy atom. The largest absolute Gasteiger partial charge is 0.467 e. The Bertz CT molecular complexity index is 770. The average molecular weight is 365 g/mol. The number of aromatic nitrogens is 1. The van der Waals surface area contributed by atoms with Crippen LogP contribution in [0.3, 0.4) is 0 Å². The molecular weight excluding hydrogens is 344 g/mol. The molecule has 0 radical (unpaired) electrons. The van der Waals surface area contributed by atoms with Gasteiger partial charge < -0.3 is 14.6 Å². The van der Waals surface area contributed by atoms with Gasteiger partial charge >= 0.3 is 5.97 Å². The molecular formula is C18H21ClN2O4. The van der Waals surface area contributed by atoms with Crippen molar-refractivity contribution in [2.45, 2.75) is 33.2 Å². The Balaban J connectivity index is 2.35. The summed E-state index contributed by atoms with van der Waals surface area (Å²) >= 11 is 6.20. The monoisotopic (exact) mass is 364 g/mol. The van der Waals surface area contributed by atoms with E-state index in [4.69, 9.17) is 20.9 Å². The van der Waals surface area contributed by atoms with Crippen LogP contribution in [-0.4, -0.2) is 30.2 Å². The molecule has 0 saturated carbocycles. The van der Waals surface area contributed by atoms with Crippen LogP contribution in [0.15, 0.2) is 28.8 Å². The number of rotatable bonds is 6. The highest BCUT2D eigenvalue weighted by Gasteiger charge is 2.28. The molecule has 1 aromatic carbocycles. The molecule has 6 nitrogen and oxygen atoms in total. The maximum atomic E-state index is 12.8. The Morgan fingerprint density at radius 2 is 2.00 bits per heavy atom. The number of ether oxygens (including phenoxy) is 1. The SMILES string of the molecule is COC(=O)[C@H](CC(C)C)NC(=O)c1c(-c2ccccc2Cl)noc1C. The number of benzene rings is 1. The lowest BCUT2D eigenvalue weighted by molar-refractivity contribution is -0.143. The van der Waals surface area contributed by atoms with Crippen LogP contribution in [0.1, 0.15) is 36.4 Å². The summed E-state index contributed by atoms with van der Waals surface area (Å²) in [6, 6.07) is 6.30. The first-order valence-electron chi connectivity index (χ1n) is 7.95. The minimum atomic E-state index is -0.745. The van der Waals surface area contributed by atoms with Gasteiger partial charge in [0.05, 0.1) is 12.1 Å². The fourth-order valence-electron chi connectivity index (χ4n) is 2.53. The number of halogens is 1. The van der Waals surface area contributed by atoms with Gasteiger partial charge in [0.25, 0.3) is 5.91 Å². The van der Waals surface area contributed by atoms with Crippen LogP contribution >= 0.6 is 11.6 Å². The van der Waals surface area contributed by atoms with Gasteiger partial charge in [-0.15, -0.1) is 0 Å². The van der Waals surface area contributed by atoms with E-state index in [1.54, 1.807) is 31.2 Å². The van der Waals surface area contributed by atoms with Crippen molar-refractivity contribution in [3.8, 4) is 11.3 Å². The highest BCUT2D eigenvalue weighted by molar-refractivity contribution is 6.33. The molecule has 0 fully saturated rings. The van der Waals surface area contributed by atoms with E-state index in [-0.39, 0.29) is 11.5 Å². The Hall–Kier alpha value is -2.34. The van der Waals surface area contributed by atoms with Crippen LogP contribution in [-0.2, 0) is 9.53 Å². The smallest absolute Gasteiger partial charge is 0.328 e. The summed E-state index contributed by atoms with van der Waals surface area (Å²) in [4.78, 5) is 24.7. The molecule has 0 unspecified atom stereocenters. The van der Waals surface area contributed by atoms with Crippen molar-refractivity contribution < 1.29 is 18.8 Å². The number of nitrogens with zero attached hydrogens (tertiary/aromatic N) is 1. The van der Waals surface area contributed by atoms with Gasteiger partial charge in [-0.05, 0) is 25.3 Å². The lowest BCUT2D eigenvalue weighted by Gasteiger charge is -2.18. The first-order valence-corrected chi connectivity index (χ1v) is 8.32. The molecule has 0 bridgehead atoms. The molecule has 1 atom stereocenters. The molecule has 0 aliphatic rings. The number of amides is 1. The van der Waals surface area contributed by atoms with Crippen molar-refractivity contribution in [1.82, 2.24) is 10.5 Å². The predicted molar refractivity (Wildman–Crippen MR) is 94.4 cm³/mol. The number of hydrogen-bond acceptors (Lipinski definition) is 5. The summed E-state index contributed by atoms with van der Waals surface area (Å²) in [5.41, 5.74) is 1.18. The van der Waals surface area contributed by atoms with E-state index in [1.165, 1.54) is 7.11 Å². The van der Waals surface area contributed by atoms with Gasteiger partial charge in [-0.25, -0.2) is 4.79 Å². The molecule has 1 amide bonds. The number of nitrogens with one attached hydrogen (secondary N) is 1. The molecule has 1 heterocycles. The normalized spacial score (nSPS) is 12.1. The van der Waals surface area contributed by atoms with Gasteiger partial charge in [0, 0.05) is 5.56 Å². The fraction of sp³-hybridized carbons (Fsp3) is 0.389. The van der Waals surface area contributed by atoms with E-state index in [0.717, 1.165) is 0 Å². The maximum absolute atomic E-state index is 12.8. The van der Waals surface area contributed by atoms with Gasteiger partial charge in [-0.1, -0.05) is 48.8 Å². The fourth-order valence-corrected chi connectivity index (χ4v) is 2.76. The molecule has 7 heteroatoms. The second-order valence-electron chi connectivity index (χ2n) is 6.12. The summed E-state index contributed by atoms with van der Waals surface area (Å²) in [6.07, 6.45) is 0.462. The van der Waals surface area contributed by atoms with Gasteiger partial charge in [0.2, 0.25) is 0 Å². The predicted octanol–water partition coefficient (Wildman–Crippen LogP) is 3.62. The minimum Gasteiger partial charge on any atom is -0.467 e. The van der Waals surface area contributed by atoms with Crippen molar-refractivity contribution in [3.63, 3.8) is 0 Å². The highest BCUT2D eigenvalue weighted by Crippen LogP contribution is 2.31. The quantitative estimate of drug-likeness (QED) is 0.791. The van der Waals surface area contributed by atoms with E-state index in [0.29, 0.717) is 28.5 Å². The van der Waals surface area contributed by atoms with Crippen LogP contribution < -0.4 is 5.32 Å². The van der Waals surface area contributed by atoms with Crippen molar-refractivity contribution in [3.05, 3.63) is 40.6 Å². The zero-order chi connectivity index (χ0) is 18.6. The van der Waals surface area contributed by atoms with E-state index in [1.807, 2.05) is 13.8 Å². The average Bonchev–Trinajstić information content (AvgIpc) is 2.95.